The van der Waals surface area contributed by atoms with Gasteiger partial charge in [-0.15, -0.1) is 0 Å². The van der Waals surface area contributed by atoms with E-state index in [-0.39, 0.29) is 10.7 Å². The molecule has 0 aliphatic rings. The lowest BCUT2D eigenvalue weighted by atomic mass is 10.2. The first kappa shape index (κ1) is 20.8. The number of nitrogens with zero attached hydrogens (tertiary/aromatic N) is 1. The molecule has 1 aromatic carbocycles. The zero-order chi connectivity index (χ0) is 18.5. The molecule has 0 radical (unpaired) electrons. The maximum atomic E-state index is 12.4. The molecule has 24 heavy (non-hydrogen) atoms. The Hall–Kier alpha value is -1.21. The van der Waals surface area contributed by atoms with Crippen molar-refractivity contribution in [2.75, 3.05) is 22.9 Å². The van der Waals surface area contributed by atoms with Crippen LogP contribution >= 0.6 is 11.8 Å². The molecular weight excluding hydrogens is 344 g/mol. The third-order valence-electron chi connectivity index (χ3n) is 3.28. The smallest absolute Gasteiger partial charge is 0.243 e. The molecule has 0 bridgehead atoms. The number of hydrogen-bond acceptors (Lipinski definition) is 4. The highest BCUT2D eigenvalue weighted by Gasteiger charge is 2.29. The van der Waals surface area contributed by atoms with Gasteiger partial charge in [-0.25, -0.2) is 8.42 Å². The van der Waals surface area contributed by atoms with Crippen molar-refractivity contribution < 1.29 is 13.2 Å². The molecule has 0 fully saturated rings. The van der Waals surface area contributed by atoms with Gasteiger partial charge in [0.1, 0.15) is 6.04 Å². The second-order valence-corrected chi connectivity index (χ2v) is 10.6. The second kappa shape index (κ2) is 8.25. The SMILES string of the molecule is Cc1cccc(N([C@@H](C)C(=O)NCCSC(C)(C)C)S(C)(=O)=O)c1. The van der Waals surface area contributed by atoms with E-state index in [0.29, 0.717) is 12.2 Å². The molecule has 0 spiro atoms. The number of thioether (sulfide) groups is 1. The van der Waals surface area contributed by atoms with Crippen LogP contribution in [-0.4, -0.2) is 43.7 Å². The van der Waals surface area contributed by atoms with E-state index in [1.54, 1.807) is 36.9 Å². The fourth-order valence-electron chi connectivity index (χ4n) is 2.25. The minimum Gasteiger partial charge on any atom is -0.353 e. The van der Waals surface area contributed by atoms with E-state index in [2.05, 4.69) is 26.1 Å². The average molecular weight is 373 g/mol. The van der Waals surface area contributed by atoms with Crippen LogP contribution < -0.4 is 9.62 Å². The van der Waals surface area contributed by atoms with Crippen LogP contribution in [0.4, 0.5) is 5.69 Å². The number of carbonyl (C=O) groups is 1. The number of nitrogens with one attached hydrogen (secondary N) is 1. The molecule has 0 saturated carbocycles. The van der Waals surface area contributed by atoms with Crippen molar-refractivity contribution in [2.45, 2.75) is 45.4 Å². The molecule has 136 valence electrons. The number of aryl methyl sites for hydroxylation is 1. The van der Waals surface area contributed by atoms with E-state index in [4.69, 9.17) is 0 Å². The summed E-state index contributed by atoms with van der Waals surface area (Å²) in [5, 5.41) is 2.83. The molecular formula is C17H28N2O3S2. The Balaban J connectivity index is 2.82. The molecule has 1 aromatic rings. The van der Waals surface area contributed by atoms with Gasteiger partial charge in [0.15, 0.2) is 0 Å². The van der Waals surface area contributed by atoms with Gasteiger partial charge >= 0.3 is 0 Å². The first-order valence-electron chi connectivity index (χ1n) is 7.89. The minimum absolute atomic E-state index is 0.136. The summed E-state index contributed by atoms with van der Waals surface area (Å²) in [6.07, 6.45) is 1.12. The Labute approximate surface area is 150 Å². The third-order valence-corrected chi connectivity index (χ3v) is 5.80. The monoisotopic (exact) mass is 372 g/mol. The standard InChI is InChI=1S/C17H28N2O3S2/c1-13-8-7-9-15(12-13)19(24(6,21)22)14(2)16(20)18-10-11-23-17(3,4)5/h7-9,12,14H,10-11H2,1-6H3,(H,18,20)/t14-/m0/s1. The van der Waals surface area contributed by atoms with Crippen LogP contribution in [0.25, 0.3) is 0 Å². The molecule has 0 aliphatic carbocycles. The number of carbonyl (C=O) groups excluding carboxylic acids is 1. The number of sulfonamides is 1. The summed E-state index contributed by atoms with van der Waals surface area (Å²) in [5.74, 6) is 0.488. The summed E-state index contributed by atoms with van der Waals surface area (Å²) >= 11 is 1.75. The average Bonchev–Trinajstić information content (AvgIpc) is 2.41. The van der Waals surface area contributed by atoms with Gasteiger partial charge in [0.25, 0.3) is 0 Å². The maximum Gasteiger partial charge on any atom is 0.243 e. The summed E-state index contributed by atoms with van der Waals surface area (Å²) in [7, 11) is -3.57. The fourth-order valence-corrected chi connectivity index (χ4v) is 4.24. The quantitative estimate of drug-likeness (QED) is 0.748. The van der Waals surface area contributed by atoms with Crippen LogP contribution in [0.1, 0.15) is 33.3 Å². The van der Waals surface area contributed by atoms with Crippen molar-refractivity contribution in [1.82, 2.24) is 5.32 Å². The Morgan fingerprint density at radius 1 is 1.33 bits per heavy atom. The minimum atomic E-state index is -3.57. The van der Waals surface area contributed by atoms with Crippen LogP contribution in [0.3, 0.4) is 0 Å². The van der Waals surface area contributed by atoms with E-state index in [9.17, 15) is 13.2 Å². The Morgan fingerprint density at radius 2 is 1.96 bits per heavy atom. The van der Waals surface area contributed by atoms with Gasteiger partial charge < -0.3 is 5.32 Å². The van der Waals surface area contributed by atoms with Crippen LogP contribution in [0.2, 0.25) is 0 Å². The van der Waals surface area contributed by atoms with Crippen molar-refractivity contribution >= 4 is 33.4 Å². The van der Waals surface area contributed by atoms with Gasteiger partial charge in [-0.1, -0.05) is 32.9 Å². The summed E-state index contributed by atoms with van der Waals surface area (Å²) in [4.78, 5) is 12.4. The molecule has 0 unspecified atom stereocenters. The molecule has 1 N–H and O–H groups in total. The Bertz CT molecular complexity index is 667. The van der Waals surface area contributed by atoms with Crippen molar-refractivity contribution in [2.24, 2.45) is 0 Å². The molecule has 0 heterocycles. The highest BCUT2D eigenvalue weighted by Crippen LogP contribution is 2.23. The molecule has 0 aliphatic heterocycles. The zero-order valence-electron chi connectivity index (χ0n) is 15.3. The Morgan fingerprint density at radius 3 is 2.46 bits per heavy atom. The molecule has 7 heteroatoms. The van der Waals surface area contributed by atoms with E-state index >= 15 is 0 Å². The molecule has 5 nitrogen and oxygen atoms in total. The predicted octanol–water partition coefficient (Wildman–Crippen LogP) is 2.80. The first-order chi connectivity index (χ1) is 10.9. The largest absolute Gasteiger partial charge is 0.353 e. The normalized spacial score (nSPS) is 13.4. The van der Waals surface area contributed by atoms with Crippen molar-refractivity contribution in [3.63, 3.8) is 0 Å². The van der Waals surface area contributed by atoms with Crippen LogP contribution in [0, 0.1) is 6.92 Å². The molecule has 0 aromatic heterocycles. The van der Waals surface area contributed by atoms with Gasteiger partial charge in [-0.05, 0) is 31.5 Å². The van der Waals surface area contributed by atoms with E-state index in [1.807, 2.05) is 13.0 Å². The second-order valence-electron chi connectivity index (χ2n) is 6.83. The fraction of sp³-hybridized carbons (Fsp3) is 0.588. The summed E-state index contributed by atoms with van der Waals surface area (Å²) in [6.45, 7) is 10.4. The molecule has 1 atom stereocenters. The van der Waals surface area contributed by atoms with Crippen molar-refractivity contribution in [1.29, 1.82) is 0 Å². The lowest BCUT2D eigenvalue weighted by Crippen LogP contribution is -2.48. The highest BCUT2D eigenvalue weighted by atomic mass is 32.2. The number of benzene rings is 1. The van der Waals surface area contributed by atoms with Crippen molar-refractivity contribution in [3.8, 4) is 0 Å². The number of hydrogen-bond donors (Lipinski definition) is 1. The van der Waals surface area contributed by atoms with Gasteiger partial charge in [-0.2, -0.15) is 11.8 Å². The van der Waals surface area contributed by atoms with Gasteiger partial charge in [0.05, 0.1) is 11.9 Å². The van der Waals surface area contributed by atoms with Crippen LogP contribution in [0.5, 0.6) is 0 Å². The van der Waals surface area contributed by atoms with Crippen LogP contribution in [0.15, 0.2) is 24.3 Å². The van der Waals surface area contributed by atoms with E-state index in [1.165, 1.54) is 4.31 Å². The zero-order valence-corrected chi connectivity index (χ0v) is 16.9. The van der Waals surface area contributed by atoms with Gasteiger partial charge in [0, 0.05) is 17.0 Å². The topological polar surface area (TPSA) is 66.5 Å². The van der Waals surface area contributed by atoms with Crippen LogP contribution in [-0.2, 0) is 14.8 Å². The predicted molar refractivity (Wildman–Crippen MR) is 103 cm³/mol. The number of rotatable bonds is 7. The van der Waals surface area contributed by atoms with Crippen molar-refractivity contribution in [3.05, 3.63) is 29.8 Å². The number of anilines is 1. The maximum absolute atomic E-state index is 12.4. The first-order valence-corrected chi connectivity index (χ1v) is 10.7. The summed E-state index contributed by atoms with van der Waals surface area (Å²) in [5.41, 5.74) is 1.44. The number of amides is 1. The summed E-state index contributed by atoms with van der Waals surface area (Å²) in [6, 6.07) is 6.33. The third kappa shape index (κ3) is 6.73. The van der Waals surface area contributed by atoms with E-state index in [0.717, 1.165) is 17.6 Å². The lowest BCUT2D eigenvalue weighted by molar-refractivity contribution is -0.121. The van der Waals surface area contributed by atoms with E-state index < -0.39 is 16.1 Å². The molecule has 1 amide bonds. The Kier molecular flexibility index (Phi) is 7.16. The highest BCUT2D eigenvalue weighted by molar-refractivity contribution is 8.00. The summed E-state index contributed by atoms with van der Waals surface area (Å²) < 4.78 is 25.7. The van der Waals surface area contributed by atoms with Gasteiger partial charge in [-0.3, -0.25) is 9.10 Å². The molecule has 0 saturated heterocycles. The molecule has 1 rings (SSSR count). The van der Waals surface area contributed by atoms with Gasteiger partial charge in [0.2, 0.25) is 15.9 Å². The lowest BCUT2D eigenvalue weighted by Gasteiger charge is -2.28.